The Morgan fingerprint density at radius 3 is 2.80 bits per heavy atom. The number of H-pyrrole nitrogens is 1. The molecule has 3 aromatic rings. The fourth-order valence-electron chi connectivity index (χ4n) is 2.96. The van der Waals surface area contributed by atoms with Crippen molar-refractivity contribution in [2.75, 3.05) is 6.54 Å². The fourth-order valence-corrected chi connectivity index (χ4v) is 2.96. The SMILES string of the molecule is CC(C)Cc1nc2ccccc2n1[C@H](C)C(=O)NCCc1cn[nH]n1. The first-order chi connectivity index (χ1) is 12.1. The van der Waals surface area contributed by atoms with Crippen LogP contribution in [0.3, 0.4) is 0 Å². The van der Waals surface area contributed by atoms with E-state index in [0.717, 1.165) is 29.0 Å². The highest BCUT2D eigenvalue weighted by atomic mass is 16.2. The van der Waals surface area contributed by atoms with Gasteiger partial charge in [0, 0.05) is 19.4 Å². The number of para-hydroxylation sites is 2. The number of nitrogens with zero attached hydrogens (tertiary/aromatic N) is 4. The molecule has 0 saturated carbocycles. The Balaban J connectivity index is 1.77. The van der Waals surface area contributed by atoms with Gasteiger partial charge in [-0.1, -0.05) is 26.0 Å². The summed E-state index contributed by atoms with van der Waals surface area (Å²) in [6, 6.07) is 7.64. The van der Waals surface area contributed by atoms with Crippen LogP contribution < -0.4 is 5.32 Å². The van der Waals surface area contributed by atoms with Crippen LogP contribution in [0.4, 0.5) is 0 Å². The van der Waals surface area contributed by atoms with Crippen molar-refractivity contribution in [1.29, 1.82) is 0 Å². The standard InChI is InChI=1S/C18H24N6O/c1-12(2)10-17-21-15-6-4-5-7-16(15)24(17)13(3)18(25)19-9-8-14-11-20-23-22-14/h4-7,11-13H,8-10H2,1-3H3,(H,19,25)(H,20,22,23)/t13-/m1/s1. The van der Waals surface area contributed by atoms with Crippen molar-refractivity contribution < 1.29 is 4.79 Å². The smallest absolute Gasteiger partial charge is 0.242 e. The third-order valence-corrected chi connectivity index (χ3v) is 4.17. The summed E-state index contributed by atoms with van der Waals surface area (Å²) in [7, 11) is 0. The van der Waals surface area contributed by atoms with Crippen molar-refractivity contribution >= 4 is 16.9 Å². The number of aromatic nitrogens is 5. The van der Waals surface area contributed by atoms with E-state index in [0.29, 0.717) is 18.9 Å². The number of nitrogens with one attached hydrogen (secondary N) is 2. The van der Waals surface area contributed by atoms with Gasteiger partial charge < -0.3 is 9.88 Å². The molecule has 1 atom stereocenters. The summed E-state index contributed by atoms with van der Waals surface area (Å²) >= 11 is 0. The zero-order valence-corrected chi connectivity index (χ0v) is 14.9. The molecule has 2 aromatic heterocycles. The number of hydrogen-bond donors (Lipinski definition) is 2. The molecular formula is C18H24N6O. The molecule has 2 heterocycles. The topological polar surface area (TPSA) is 88.5 Å². The number of carbonyl (C=O) groups is 1. The van der Waals surface area contributed by atoms with Gasteiger partial charge in [-0.05, 0) is 25.0 Å². The first-order valence-corrected chi connectivity index (χ1v) is 8.64. The largest absolute Gasteiger partial charge is 0.354 e. The minimum atomic E-state index is -0.321. The minimum absolute atomic E-state index is 0.0170. The Hall–Kier alpha value is -2.70. The molecule has 0 aliphatic carbocycles. The van der Waals surface area contributed by atoms with E-state index in [-0.39, 0.29) is 11.9 Å². The molecule has 7 nitrogen and oxygen atoms in total. The van der Waals surface area contributed by atoms with Gasteiger partial charge in [0.15, 0.2) is 0 Å². The van der Waals surface area contributed by atoms with Crippen LogP contribution in [0, 0.1) is 5.92 Å². The van der Waals surface area contributed by atoms with Gasteiger partial charge in [0.2, 0.25) is 5.91 Å². The maximum absolute atomic E-state index is 12.6. The summed E-state index contributed by atoms with van der Waals surface area (Å²) in [6.45, 7) is 6.77. The molecule has 3 rings (SSSR count). The zero-order valence-electron chi connectivity index (χ0n) is 14.9. The number of carbonyl (C=O) groups excluding carboxylic acids is 1. The van der Waals surface area contributed by atoms with E-state index < -0.39 is 0 Å². The zero-order chi connectivity index (χ0) is 17.8. The predicted octanol–water partition coefficient (Wildman–Crippen LogP) is 2.27. The van der Waals surface area contributed by atoms with Gasteiger partial charge in [0.05, 0.1) is 22.9 Å². The Morgan fingerprint density at radius 2 is 2.08 bits per heavy atom. The van der Waals surface area contributed by atoms with Gasteiger partial charge >= 0.3 is 0 Å². The summed E-state index contributed by atoms with van der Waals surface area (Å²) in [5.41, 5.74) is 2.76. The molecule has 0 fully saturated rings. The maximum atomic E-state index is 12.6. The van der Waals surface area contributed by atoms with E-state index in [1.54, 1.807) is 6.20 Å². The molecule has 0 aliphatic rings. The molecular weight excluding hydrogens is 316 g/mol. The highest BCUT2D eigenvalue weighted by molar-refractivity contribution is 5.84. The van der Waals surface area contributed by atoms with Gasteiger partial charge in [-0.25, -0.2) is 4.98 Å². The van der Waals surface area contributed by atoms with Gasteiger partial charge in [-0.3, -0.25) is 4.79 Å². The third-order valence-electron chi connectivity index (χ3n) is 4.17. The maximum Gasteiger partial charge on any atom is 0.242 e. The van der Waals surface area contributed by atoms with Crippen LogP contribution in [-0.4, -0.2) is 37.4 Å². The van der Waals surface area contributed by atoms with E-state index in [4.69, 9.17) is 4.98 Å². The lowest BCUT2D eigenvalue weighted by atomic mass is 10.1. The Kier molecular flexibility index (Phi) is 5.11. The number of imidazole rings is 1. The molecule has 2 N–H and O–H groups in total. The molecule has 1 amide bonds. The van der Waals surface area contributed by atoms with Gasteiger partial charge in [-0.15, -0.1) is 0 Å². The second-order valence-corrected chi connectivity index (χ2v) is 6.66. The van der Waals surface area contributed by atoms with Gasteiger partial charge in [0.1, 0.15) is 11.9 Å². The van der Waals surface area contributed by atoms with E-state index in [9.17, 15) is 4.79 Å². The fraction of sp³-hybridized carbons (Fsp3) is 0.444. The van der Waals surface area contributed by atoms with Crippen molar-refractivity contribution in [3.8, 4) is 0 Å². The molecule has 0 aliphatic heterocycles. The summed E-state index contributed by atoms with van der Waals surface area (Å²) in [6.07, 6.45) is 3.16. The van der Waals surface area contributed by atoms with Crippen molar-refractivity contribution in [1.82, 2.24) is 30.3 Å². The summed E-state index contributed by atoms with van der Waals surface area (Å²) in [5.74, 6) is 1.41. The van der Waals surface area contributed by atoms with Crippen LogP contribution in [-0.2, 0) is 17.6 Å². The molecule has 0 unspecified atom stereocenters. The van der Waals surface area contributed by atoms with Crippen LogP contribution in [0.15, 0.2) is 30.5 Å². The summed E-state index contributed by atoms with van der Waals surface area (Å²) in [4.78, 5) is 17.4. The average molecular weight is 340 g/mol. The van der Waals surface area contributed by atoms with E-state index in [1.165, 1.54) is 0 Å². The second-order valence-electron chi connectivity index (χ2n) is 6.66. The molecule has 7 heteroatoms. The van der Waals surface area contributed by atoms with Crippen LogP contribution in [0.5, 0.6) is 0 Å². The first-order valence-electron chi connectivity index (χ1n) is 8.64. The van der Waals surface area contributed by atoms with Crippen LogP contribution in [0.25, 0.3) is 11.0 Å². The molecule has 0 radical (unpaired) electrons. The lowest BCUT2D eigenvalue weighted by Gasteiger charge is -2.18. The van der Waals surface area contributed by atoms with Crippen LogP contribution >= 0.6 is 0 Å². The number of benzene rings is 1. The molecule has 1 aromatic carbocycles. The number of fused-ring (bicyclic) bond motifs is 1. The van der Waals surface area contributed by atoms with Crippen molar-refractivity contribution in [2.45, 2.75) is 39.7 Å². The average Bonchev–Trinajstić information content (AvgIpc) is 3.20. The number of hydrogen-bond acceptors (Lipinski definition) is 4. The molecule has 0 spiro atoms. The van der Waals surface area contributed by atoms with Gasteiger partial charge in [-0.2, -0.15) is 15.4 Å². The molecule has 0 saturated heterocycles. The lowest BCUT2D eigenvalue weighted by molar-refractivity contribution is -0.123. The third kappa shape index (κ3) is 3.87. The van der Waals surface area contributed by atoms with Crippen molar-refractivity contribution in [3.63, 3.8) is 0 Å². The summed E-state index contributed by atoms with van der Waals surface area (Å²) in [5, 5.41) is 13.3. The van der Waals surface area contributed by atoms with E-state index >= 15 is 0 Å². The molecule has 0 bridgehead atoms. The lowest BCUT2D eigenvalue weighted by Crippen LogP contribution is -2.33. The summed E-state index contributed by atoms with van der Waals surface area (Å²) < 4.78 is 2.06. The van der Waals surface area contributed by atoms with Gasteiger partial charge in [0.25, 0.3) is 0 Å². The van der Waals surface area contributed by atoms with Crippen LogP contribution in [0.2, 0.25) is 0 Å². The number of amides is 1. The normalized spacial score (nSPS) is 12.6. The predicted molar refractivity (Wildman–Crippen MR) is 96.1 cm³/mol. The Labute approximate surface area is 146 Å². The quantitative estimate of drug-likeness (QED) is 0.690. The highest BCUT2D eigenvalue weighted by Crippen LogP contribution is 2.23. The van der Waals surface area contributed by atoms with Crippen molar-refractivity contribution in [3.05, 3.63) is 42.0 Å². The number of rotatable bonds is 7. The Bertz CT molecular complexity index is 837. The molecule has 25 heavy (non-hydrogen) atoms. The van der Waals surface area contributed by atoms with Crippen LogP contribution in [0.1, 0.15) is 38.3 Å². The number of aromatic amines is 1. The highest BCUT2D eigenvalue weighted by Gasteiger charge is 2.21. The second kappa shape index (κ2) is 7.46. The first kappa shape index (κ1) is 17.1. The van der Waals surface area contributed by atoms with E-state index in [2.05, 4.69) is 39.1 Å². The minimum Gasteiger partial charge on any atom is -0.354 e. The molecule has 132 valence electrons. The Morgan fingerprint density at radius 1 is 1.28 bits per heavy atom. The van der Waals surface area contributed by atoms with Crippen molar-refractivity contribution in [2.24, 2.45) is 5.92 Å². The van der Waals surface area contributed by atoms with E-state index in [1.807, 2.05) is 31.2 Å². The monoisotopic (exact) mass is 340 g/mol.